The Kier molecular flexibility index (Phi) is 8.01. The zero-order chi connectivity index (χ0) is 30.8. The highest BCUT2D eigenvalue weighted by Gasteiger charge is 2.18. The quantitative estimate of drug-likeness (QED) is 0.207. The molecule has 4 aromatic heterocycles. The van der Waals surface area contributed by atoms with Crippen LogP contribution in [-0.4, -0.2) is 93.7 Å². The van der Waals surface area contributed by atoms with Crippen molar-refractivity contribution in [1.29, 1.82) is 0 Å². The van der Waals surface area contributed by atoms with Crippen LogP contribution in [0.3, 0.4) is 0 Å². The van der Waals surface area contributed by atoms with Gasteiger partial charge in [-0.05, 0) is 70.2 Å². The summed E-state index contributed by atoms with van der Waals surface area (Å²) in [7, 11) is 7.58. The standard InChI is InChI=1S/C32H32FN9O2/c1-41(2)9-10-44-24-13-20(11-22(33)15-24)29-31-27(7-8-35-29)37-32(38-31)30-25-14-19(5-6-26(25)39-40-30)21-12-23(17-34-16-21)36-28(43)18-42(3)4/h5-8,11-17H,9-10,18H2,1-4H3,(H,36,43)(H,37,38)(H,39,40). The number of benzene rings is 2. The van der Waals surface area contributed by atoms with Crippen LogP contribution in [0.1, 0.15) is 0 Å². The molecule has 0 spiro atoms. The van der Waals surface area contributed by atoms with Gasteiger partial charge in [-0.25, -0.2) is 9.37 Å². The second-order valence-corrected chi connectivity index (χ2v) is 11.0. The van der Waals surface area contributed by atoms with Gasteiger partial charge < -0.3 is 24.8 Å². The first-order valence-corrected chi connectivity index (χ1v) is 14.1. The van der Waals surface area contributed by atoms with Crippen LogP contribution in [0, 0.1) is 5.82 Å². The number of fused-ring (bicyclic) bond motifs is 2. The summed E-state index contributed by atoms with van der Waals surface area (Å²) in [6.07, 6.45) is 5.03. The number of pyridine rings is 2. The lowest BCUT2D eigenvalue weighted by Gasteiger charge is -2.12. The molecule has 0 atom stereocenters. The van der Waals surface area contributed by atoms with Gasteiger partial charge in [-0.3, -0.25) is 19.9 Å². The van der Waals surface area contributed by atoms with E-state index in [2.05, 4.69) is 30.5 Å². The minimum absolute atomic E-state index is 0.119. The van der Waals surface area contributed by atoms with Gasteiger partial charge in [0.05, 0.1) is 35.2 Å². The molecular formula is C32H32FN9O2. The summed E-state index contributed by atoms with van der Waals surface area (Å²) in [6, 6.07) is 14.2. The Bertz CT molecular complexity index is 1960. The molecule has 224 valence electrons. The first kappa shape index (κ1) is 28.9. The van der Waals surface area contributed by atoms with Gasteiger partial charge in [0.2, 0.25) is 5.91 Å². The lowest BCUT2D eigenvalue weighted by Crippen LogP contribution is -2.27. The number of halogens is 1. The number of amides is 1. The number of carbonyl (C=O) groups is 1. The van der Waals surface area contributed by atoms with Gasteiger partial charge in [-0.15, -0.1) is 0 Å². The van der Waals surface area contributed by atoms with Crippen molar-refractivity contribution in [3.63, 3.8) is 0 Å². The van der Waals surface area contributed by atoms with Crippen LogP contribution in [0.15, 0.2) is 67.1 Å². The zero-order valence-corrected chi connectivity index (χ0v) is 24.8. The molecule has 12 heteroatoms. The molecule has 44 heavy (non-hydrogen) atoms. The zero-order valence-electron chi connectivity index (χ0n) is 24.8. The predicted octanol–water partition coefficient (Wildman–Crippen LogP) is 4.81. The van der Waals surface area contributed by atoms with Crippen molar-refractivity contribution >= 4 is 33.5 Å². The minimum atomic E-state index is -0.418. The second kappa shape index (κ2) is 12.2. The highest BCUT2D eigenvalue weighted by molar-refractivity contribution is 5.98. The van der Waals surface area contributed by atoms with E-state index in [1.165, 1.54) is 12.1 Å². The van der Waals surface area contributed by atoms with Crippen molar-refractivity contribution in [2.75, 3.05) is 53.2 Å². The number of aromatic amines is 2. The molecule has 0 fully saturated rings. The molecule has 0 unspecified atom stereocenters. The summed E-state index contributed by atoms with van der Waals surface area (Å²) >= 11 is 0. The maximum atomic E-state index is 14.6. The van der Waals surface area contributed by atoms with Crippen molar-refractivity contribution in [2.24, 2.45) is 0 Å². The van der Waals surface area contributed by atoms with Crippen molar-refractivity contribution < 1.29 is 13.9 Å². The summed E-state index contributed by atoms with van der Waals surface area (Å²) in [6.45, 7) is 1.41. The fourth-order valence-corrected chi connectivity index (χ4v) is 4.92. The molecular weight excluding hydrogens is 561 g/mol. The van der Waals surface area contributed by atoms with E-state index in [1.54, 1.807) is 29.6 Å². The average molecular weight is 594 g/mol. The minimum Gasteiger partial charge on any atom is -0.492 e. The number of imidazole rings is 1. The lowest BCUT2D eigenvalue weighted by molar-refractivity contribution is -0.116. The topological polar surface area (TPSA) is 128 Å². The number of carbonyl (C=O) groups excluding carboxylic acids is 1. The fraction of sp³-hybridized carbons (Fsp3) is 0.219. The molecule has 0 radical (unpaired) electrons. The molecule has 11 nitrogen and oxygen atoms in total. The Morgan fingerprint density at radius 3 is 2.61 bits per heavy atom. The second-order valence-electron chi connectivity index (χ2n) is 11.0. The van der Waals surface area contributed by atoms with E-state index in [9.17, 15) is 9.18 Å². The van der Waals surface area contributed by atoms with Crippen molar-refractivity contribution in [2.45, 2.75) is 0 Å². The maximum absolute atomic E-state index is 14.6. The van der Waals surface area contributed by atoms with Gasteiger partial charge in [0.1, 0.15) is 29.4 Å². The highest BCUT2D eigenvalue weighted by Crippen LogP contribution is 2.34. The highest BCUT2D eigenvalue weighted by atomic mass is 19.1. The van der Waals surface area contributed by atoms with E-state index in [0.717, 1.165) is 27.5 Å². The Morgan fingerprint density at radius 1 is 0.932 bits per heavy atom. The van der Waals surface area contributed by atoms with Crippen LogP contribution in [0.4, 0.5) is 10.1 Å². The summed E-state index contributed by atoms with van der Waals surface area (Å²) in [5, 5.41) is 11.4. The molecule has 6 aromatic rings. The lowest BCUT2D eigenvalue weighted by atomic mass is 10.0. The van der Waals surface area contributed by atoms with E-state index in [-0.39, 0.29) is 12.5 Å². The fourth-order valence-electron chi connectivity index (χ4n) is 4.92. The number of hydrogen-bond donors (Lipinski definition) is 3. The van der Waals surface area contributed by atoms with E-state index in [4.69, 9.17) is 9.72 Å². The predicted molar refractivity (Wildman–Crippen MR) is 169 cm³/mol. The first-order valence-electron chi connectivity index (χ1n) is 14.1. The number of nitrogens with one attached hydrogen (secondary N) is 3. The number of hydrogen-bond acceptors (Lipinski definition) is 8. The van der Waals surface area contributed by atoms with E-state index >= 15 is 0 Å². The molecule has 3 N–H and O–H groups in total. The third-order valence-electron chi connectivity index (χ3n) is 6.96. The number of rotatable bonds is 10. The third-order valence-corrected chi connectivity index (χ3v) is 6.96. The molecule has 0 saturated carbocycles. The summed E-state index contributed by atoms with van der Waals surface area (Å²) in [4.78, 5) is 33.2. The van der Waals surface area contributed by atoms with E-state index in [1.807, 2.05) is 63.4 Å². The normalized spacial score (nSPS) is 11.6. The van der Waals surface area contributed by atoms with Gasteiger partial charge in [0.15, 0.2) is 5.82 Å². The molecule has 1 amide bonds. The largest absolute Gasteiger partial charge is 0.492 e. The van der Waals surface area contributed by atoms with Crippen LogP contribution in [0.2, 0.25) is 0 Å². The Labute approximate surface area is 253 Å². The molecule has 0 aliphatic heterocycles. The average Bonchev–Trinajstić information content (AvgIpc) is 3.60. The van der Waals surface area contributed by atoms with Gasteiger partial charge in [-0.1, -0.05) is 6.07 Å². The van der Waals surface area contributed by atoms with Gasteiger partial charge in [0, 0.05) is 41.5 Å². The van der Waals surface area contributed by atoms with E-state index in [0.29, 0.717) is 52.9 Å². The van der Waals surface area contributed by atoms with E-state index < -0.39 is 5.82 Å². The number of anilines is 1. The Hall–Kier alpha value is -5.20. The molecule has 0 aliphatic rings. The molecule has 0 bridgehead atoms. The molecule has 0 aliphatic carbocycles. The van der Waals surface area contributed by atoms with Crippen molar-refractivity contribution in [3.8, 4) is 39.7 Å². The molecule has 4 heterocycles. The van der Waals surface area contributed by atoms with Gasteiger partial charge in [-0.2, -0.15) is 5.10 Å². The van der Waals surface area contributed by atoms with Crippen LogP contribution in [-0.2, 0) is 4.79 Å². The molecule has 2 aromatic carbocycles. The molecule has 6 rings (SSSR count). The smallest absolute Gasteiger partial charge is 0.238 e. The van der Waals surface area contributed by atoms with Crippen molar-refractivity contribution in [1.82, 2.24) is 39.9 Å². The number of nitrogens with zero attached hydrogens (tertiary/aromatic N) is 6. The first-order chi connectivity index (χ1) is 21.2. The monoisotopic (exact) mass is 593 g/mol. The summed E-state index contributed by atoms with van der Waals surface area (Å²) in [5.74, 6) is 0.433. The van der Waals surface area contributed by atoms with Crippen LogP contribution in [0.25, 0.3) is 55.8 Å². The number of ether oxygens (including phenoxy) is 1. The number of H-pyrrole nitrogens is 2. The SMILES string of the molecule is CN(C)CCOc1cc(F)cc(-c2nccc3[nH]c(-c4n[nH]c5ccc(-c6cncc(NC(=O)CN(C)C)c6)cc45)nc23)c1. The number of likely N-dealkylation sites (N-methyl/N-ethyl adjacent to an activating group) is 2. The summed E-state index contributed by atoms with van der Waals surface area (Å²) in [5.41, 5.74) is 6.23. The Balaban J connectivity index is 1.33. The Morgan fingerprint density at radius 2 is 1.80 bits per heavy atom. The van der Waals surface area contributed by atoms with Crippen LogP contribution >= 0.6 is 0 Å². The third kappa shape index (κ3) is 6.26. The van der Waals surface area contributed by atoms with Crippen LogP contribution < -0.4 is 10.1 Å². The van der Waals surface area contributed by atoms with Crippen LogP contribution in [0.5, 0.6) is 5.75 Å². The summed E-state index contributed by atoms with van der Waals surface area (Å²) < 4.78 is 20.4. The maximum Gasteiger partial charge on any atom is 0.238 e. The van der Waals surface area contributed by atoms with Gasteiger partial charge in [0.25, 0.3) is 0 Å². The van der Waals surface area contributed by atoms with Crippen molar-refractivity contribution in [3.05, 3.63) is 72.9 Å². The number of aromatic nitrogens is 6. The molecule has 0 saturated heterocycles. The van der Waals surface area contributed by atoms with Gasteiger partial charge >= 0.3 is 0 Å².